The van der Waals surface area contributed by atoms with Crippen molar-refractivity contribution in [2.24, 2.45) is 5.73 Å². The molecule has 0 aliphatic heterocycles. The molecule has 0 aromatic heterocycles. The van der Waals surface area contributed by atoms with E-state index in [9.17, 15) is 0 Å². The van der Waals surface area contributed by atoms with Crippen LogP contribution in [-0.2, 0) is 4.74 Å². The van der Waals surface area contributed by atoms with Gasteiger partial charge in [0, 0.05) is 17.1 Å². The SMILES string of the molecule is CCCCCOC(c1ccc(Br)cc1)C(N)CC. The van der Waals surface area contributed by atoms with Crippen molar-refractivity contribution in [1.29, 1.82) is 0 Å². The summed E-state index contributed by atoms with van der Waals surface area (Å²) in [6, 6.07) is 8.32. The number of benzene rings is 1. The van der Waals surface area contributed by atoms with Gasteiger partial charge < -0.3 is 10.5 Å². The summed E-state index contributed by atoms with van der Waals surface area (Å²) in [7, 11) is 0. The quantitative estimate of drug-likeness (QED) is 0.720. The van der Waals surface area contributed by atoms with Gasteiger partial charge in [0.15, 0.2) is 0 Å². The lowest BCUT2D eigenvalue weighted by Crippen LogP contribution is -2.29. The zero-order valence-electron chi connectivity index (χ0n) is 11.4. The van der Waals surface area contributed by atoms with Crippen LogP contribution in [0.15, 0.2) is 28.7 Å². The molecule has 1 aromatic carbocycles. The van der Waals surface area contributed by atoms with Crippen molar-refractivity contribution in [1.82, 2.24) is 0 Å². The van der Waals surface area contributed by atoms with E-state index in [4.69, 9.17) is 10.5 Å². The van der Waals surface area contributed by atoms with Gasteiger partial charge >= 0.3 is 0 Å². The van der Waals surface area contributed by atoms with Crippen LogP contribution in [0.1, 0.15) is 51.2 Å². The maximum atomic E-state index is 6.17. The number of unbranched alkanes of at least 4 members (excludes halogenated alkanes) is 2. The lowest BCUT2D eigenvalue weighted by molar-refractivity contribution is 0.0312. The number of halogens is 1. The minimum absolute atomic E-state index is 0.0138. The number of hydrogen-bond donors (Lipinski definition) is 1. The zero-order chi connectivity index (χ0) is 13.4. The number of hydrogen-bond acceptors (Lipinski definition) is 2. The van der Waals surface area contributed by atoms with Gasteiger partial charge in [-0.3, -0.25) is 0 Å². The Morgan fingerprint density at radius 2 is 1.83 bits per heavy atom. The maximum Gasteiger partial charge on any atom is 0.0975 e. The molecule has 0 heterocycles. The molecule has 18 heavy (non-hydrogen) atoms. The maximum absolute atomic E-state index is 6.17. The molecular weight excluding hydrogens is 290 g/mol. The highest BCUT2D eigenvalue weighted by atomic mass is 79.9. The number of nitrogens with two attached hydrogens (primary N) is 1. The second kappa shape index (κ2) is 8.68. The normalized spacial score (nSPS) is 14.4. The van der Waals surface area contributed by atoms with Gasteiger partial charge in [-0.05, 0) is 30.5 Å². The van der Waals surface area contributed by atoms with Gasteiger partial charge in [0.2, 0.25) is 0 Å². The van der Waals surface area contributed by atoms with Gasteiger partial charge in [0.1, 0.15) is 0 Å². The first kappa shape index (κ1) is 15.7. The van der Waals surface area contributed by atoms with Crippen LogP contribution in [0.3, 0.4) is 0 Å². The summed E-state index contributed by atoms with van der Waals surface area (Å²) in [5.41, 5.74) is 7.34. The van der Waals surface area contributed by atoms with Crippen molar-refractivity contribution in [3.8, 4) is 0 Å². The highest BCUT2D eigenvalue weighted by Crippen LogP contribution is 2.24. The molecule has 0 aliphatic rings. The Bertz CT molecular complexity index is 326. The molecule has 0 bridgehead atoms. The topological polar surface area (TPSA) is 35.2 Å². The predicted molar refractivity (Wildman–Crippen MR) is 80.6 cm³/mol. The Kier molecular flexibility index (Phi) is 7.56. The van der Waals surface area contributed by atoms with Crippen LogP contribution in [0, 0.1) is 0 Å². The molecule has 2 unspecified atom stereocenters. The fourth-order valence-electron chi connectivity index (χ4n) is 1.90. The summed E-state index contributed by atoms with van der Waals surface area (Å²) in [6.45, 7) is 5.10. The van der Waals surface area contributed by atoms with Crippen molar-refractivity contribution in [2.45, 2.75) is 51.7 Å². The van der Waals surface area contributed by atoms with E-state index < -0.39 is 0 Å². The first-order valence-electron chi connectivity index (χ1n) is 6.81. The minimum atomic E-state index is 0.0138. The summed E-state index contributed by atoms with van der Waals surface area (Å²) in [6.07, 6.45) is 4.48. The lowest BCUT2D eigenvalue weighted by Gasteiger charge is -2.24. The highest BCUT2D eigenvalue weighted by molar-refractivity contribution is 9.10. The average molecular weight is 314 g/mol. The van der Waals surface area contributed by atoms with Crippen LogP contribution in [0.25, 0.3) is 0 Å². The fraction of sp³-hybridized carbons (Fsp3) is 0.600. The second-order valence-corrected chi connectivity index (χ2v) is 5.54. The molecule has 0 aliphatic carbocycles. The first-order valence-corrected chi connectivity index (χ1v) is 7.61. The van der Waals surface area contributed by atoms with Gasteiger partial charge in [-0.2, -0.15) is 0 Å². The minimum Gasteiger partial charge on any atom is -0.372 e. The molecule has 0 saturated heterocycles. The van der Waals surface area contributed by atoms with E-state index in [-0.39, 0.29) is 12.1 Å². The highest BCUT2D eigenvalue weighted by Gasteiger charge is 2.18. The standard InChI is InChI=1S/C15H24BrNO/c1-3-5-6-11-18-15(14(17)4-2)12-7-9-13(16)10-8-12/h7-10,14-15H,3-6,11,17H2,1-2H3. The van der Waals surface area contributed by atoms with Gasteiger partial charge in [-0.1, -0.05) is 54.8 Å². The van der Waals surface area contributed by atoms with E-state index in [1.54, 1.807) is 0 Å². The molecular formula is C15H24BrNO. The molecule has 0 radical (unpaired) electrons. The van der Waals surface area contributed by atoms with Gasteiger partial charge in [-0.15, -0.1) is 0 Å². The molecule has 0 saturated carbocycles. The zero-order valence-corrected chi connectivity index (χ0v) is 12.9. The number of ether oxygens (including phenoxy) is 1. The molecule has 2 nitrogen and oxygen atoms in total. The molecule has 102 valence electrons. The van der Waals surface area contributed by atoms with E-state index >= 15 is 0 Å². The molecule has 0 spiro atoms. The number of rotatable bonds is 8. The lowest BCUT2D eigenvalue weighted by atomic mass is 10.0. The first-order chi connectivity index (χ1) is 8.69. The van der Waals surface area contributed by atoms with Crippen molar-refractivity contribution in [2.75, 3.05) is 6.61 Å². The van der Waals surface area contributed by atoms with Gasteiger partial charge in [0.25, 0.3) is 0 Å². The van der Waals surface area contributed by atoms with E-state index in [1.807, 2.05) is 12.1 Å². The van der Waals surface area contributed by atoms with Gasteiger partial charge in [0.05, 0.1) is 6.10 Å². The molecule has 2 N–H and O–H groups in total. The predicted octanol–water partition coefficient (Wildman–Crippen LogP) is 4.43. The summed E-state index contributed by atoms with van der Waals surface area (Å²) in [5, 5.41) is 0. The Hall–Kier alpha value is -0.380. The van der Waals surface area contributed by atoms with Crippen molar-refractivity contribution >= 4 is 15.9 Å². The summed E-state index contributed by atoms with van der Waals surface area (Å²) >= 11 is 3.45. The Morgan fingerprint density at radius 1 is 1.17 bits per heavy atom. The molecule has 1 aromatic rings. The van der Waals surface area contributed by atoms with E-state index in [1.165, 1.54) is 18.4 Å². The third-order valence-electron chi connectivity index (χ3n) is 3.10. The van der Waals surface area contributed by atoms with Crippen LogP contribution in [0.4, 0.5) is 0 Å². The fourth-order valence-corrected chi connectivity index (χ4v) is 2.16. The van der Waals surface area contributed by atoms with E-state index in [0.717, 1.165) is 23.9 Å². The van der Waals surface area contributed by atoms with Crippen LogP contribution < -0.4 is 5.73 Å². The Balaban J connectivity index is 2.63. The van der Waals surface area contributed by atoms with Crippen molar-refractivity contribution < 1.29 is 4.74 Å². The average Bonchev–Trinajstić information content (AvgIpc) is 2.39. The molecule has 1 rings (SSSR count). The second-order valence-electron chi connectivity index (χ2n) is 4.62. The Labute approximate surface area is 119 Å². The van der Waals surface area contributed by atoms with E-state index in [2.05, 4.69) is 41.9 Å². The molecule has 0 fully saturated rings. The van der Waals surface area contributed by atoms with Crippen LogP contribution >= 0.6 is 15.9 Å². The molecule has 0 amide bonds. The van der Waals surface area contributed by atoms with Gasteiger partial charge in [-0.25, -0.2) is 0 Å². The van der Waals surface area contributed by atoms with Crippen LogP contribution in [-0.4, -0.2) is 12.6 Å². The van der Waals surface area contributed by atoms with Crippen LogP contribution in [0.5, 0.6) is 0 Å². The molecule has 3 heteroatoms. The Morgan fingerprint density at radius 3 is 2.39 bits per heavy atom. The summed E-state index contributed by atoms with van der Waals surface area (Å²) in [5.74, 6) is 0. The molecule has 2 atom stereocenters. The van der Waals surface area contributed by atoms with Crippen molar-refractivity contribution in [3.63, 3.8) is 0 Å². The summed E-state index contributed by atoms with van der Waals surface area (Å²) in [4.78, 5) is 0. The third kappa shape index (κ3) is 5.09. The third-order valence-corrected chi connectivity index (χ3v) is 3.63. The largest absolute Gasteiger partial charge is 0.372 e. The monoisotopic (exact) mass is 313 g/mol. The summed E-state index contributed by atoms with van der Waals surface area (Å²) < 4.78 is 7.07. The van der Waals surface area contributed by atoms with Crippen LogP contribution in [0.2, 0.25) is 0 Å². The van der Waals surface area contributed by atoms with Crippen molar-refractivity contribution in [3.05, 3.63) is 34.3 Å². The smallest absolute Gasteiger partial charge is 0.0975 e. The van der Waals surface area contributed by atoms with E-state index in [0.29, 0.717) is 0 Å².